The number of benzene rings is 1. The smallest absolute Gasteiger partial charge is 0.414 e. The van der Waals surface area contributed by atoms with Crippen LogP contribution in [0.5, 0.6) is 0 Å². The van der Waals surface area contributed by atoms with Gasteiger partial charge >= 0.3 is 12.1 Å². The highest BCUT2D eigenvalue weighted by atomic mass is 16.6. The summed E-state index contributed by atoms with van der Waals surface area (Å²) < 4.78 is 6.86. The van der Waals surface area contributed by atoms with E-state index in [1.165, 1.54) is 0 Å². The van der Waals surface area contributed by atoms with Crippen molar-refractivity contribution in [3.8, 4) is 0 Å². The molecule has 0 aliphatic carbocycles. The third-order valence-electron chi connectivity index (χ3n) is 4.79. The number of rotatable bonds is 4. The molecule has 0 radical (unpaired) electrons. The minimum Gasteiger partial charge on any atom is -0.447 e. The van der Waals surface area contributed by atoms with E-state index in [-0.39, 0.29) is 18.2 Å². The molecule has 1 N–H and O–H groups in total. The lowest BCUT2D eigenvalue weighted by atomic mass is 10.2. The second-order valence-electron chi connectivity index (χ2n) is 6.43. The molecule has 3 heterocycles. The van der Waals surface area contributed by atoms with Gasteiger partial charge in [-0.1, -0.05) is 12.1 Å². The van der Waals surface area contributed by atoms with Crippen molar-refractivity contribution in [2.75, 3.05) is 29.9 Å². The molecule has 1 aromatic carbocycles. The fraction of sp³-hybridized carbons (Fsp3) is 0.389. The van der Waals surface area contributed by atoms with Crippen LogP contribution in [-0.2, 0) is 11.3 Å². The highest BCUT2D eigenvalue weighted by Gasteiger charge is 2.31. The molecule has 1 atom stereocenters. The maximum atomic E-state index is 12.9. The second-order valence-corrected chi connectivity index (χ2v) is 6.43. The molecule has 2 fully saturated rings. The normalized spacial score (nSPS) is 19.7. The summed E-state index contributed by atoms with van der Waals surface area (Å²) in [6.07, 6.45) is 5.18. The Labute approximate surface area is 151 Å². The molecule has 0 bridgehead atoms. The lowest BCUT2D eigenvalue weighted by molar-refractivity contribution is 0.181. The second kappa shape index (κ2) is 7.07. The lowest BCUT2D eigenvalue weighted by Gasteiger charge is -2.26. The predicted molar refractivity (Wildman–Crippen MR) is 96.1 cm³/mol. The zero-order chi connectivity index (χ0) is 17.9. The fourth-order valence-corrected chi connectivity index (χ4v) is 3.53. The van der Waals surface area contributed by atoms with Crippen LogP contribution in [0.25, 0.3) is 0 Å². The number of nitrogens with one attached hydrogen (secondary N) is 1. The summed E-state index contributed by atoms with van der Waals surface area (Å²) in [5, 5.41) is 7.20. The van der Waals surface area contributed by atoms with E-state index in [2.05, 4.69) is 10.4 Å². The average molecular weight is 355 g/mol. The number of ether oxygens (including phenoxy) is 1. The number of cyclic esters (lactones) is 1. The van der Waals surface area contributed by atoms with Crippen molar-refractivity contribution in [2.24, 2.45) is 0 Å². The molecule has 1 unspecified atom stereocenters. The maximum absolute atomic E-state index is 12.9. The molecule has 136 valence electrons. The van der Waals surface area contributed by atoms with E-state index in [1.54, 1.807) is 17.2 Å². The monoisotopic (exact) mass is 355 g/mol. The van der Waals surface area contributed by atoms with Crippen LogP contribution >= 0.6 is 0 Å². The Balaban J connectivity index is 1.48. The van der Waals surface area contributed by atoms with Crippen molar-refractivity contribution in [3.05, 3.63) is 42.7 Å². The first kappa shape index (κ1) is 16.4. The summed E-state index contributed by atoms with van der Waals surface area (Å²) in [4.78, 5) is 28.1. The summed E-state index contributed by atoms with van der Waals surface area (Å²) in [6.45, 7) is 2.24. The highest BCUT2D eigenvalue weighted by molar-refractivity contribution is 5.99. The van der Waals surface area contributed by atoms with Gasteiger partial charge in [-0.15, -0.1) is 0 Å². The highest BCUT2D eigenvalue weighted by Crippen LogP contribution is 2.29. The van der Waals surface area contributed by atoms with E-state index in [1.807, 2.05) is 40.0 Å². The van der Waals surface area contributed by atoms with Crippen LogP contribution in [0.15, 0.2) is 42.7 Å². The minimum atomic E-state index is -0.385. The largest absolute Gasteiger partial charge is 0.447 e. The van der Waals surface area contributed by atoms with Gasteiger partial charge in [-0.2, -0.15) is 5.10 Å². The van der Waals surface area contributed by atoms with Crippen molar-refractivity contribution in [1.29, 1.82) is 0 Å². The van der Waals surface area contributed by atoms with E-state index in [0.717, 1.165) is 12.8 Å². The van der Waals surface area contributed by atoms with Gasteiger partial charge in [0.15, 0.2) is 0 Å². The van der Waals surface area contributed by atoms with Crippen molar-refractivity contribution in [1.82, 2.24) is 14.7 Å². The topological polar surface area (TPSA) is 79.7 Å². The van der Waals surface area contributed by atoms with Gasteiger partial charge in [0.2, 0.25) is 0 Å². The summed E-state index contributed by atoms with van der Waals surface area (Å²) >= 11 is 0. The molecular weight excluding hydrogens is 334 g/mol. The number of hydrogen-bond donors (Lipinski definition) is 1. The summed E-state index contributed by atoms with van der Waals surface area (Å²) in [5.41, 5.74) is 1.27. The number of nitrogens with zero attached hydrogens (tertiary/aromatic N) is 4. The number of likely N-dealkylation sites (tertiary alicyclic amines) is 1. The number of carbonyl (C=O) groups excluding carboxylic acids is 2. The molecule has 2 aliphatic rings. The number of carbonyl (C=O) groups is 2. The molecule has 2 saturated heterocycles. The molecule has 8 nitrogen and oxygen atoms in total. The standard InChI is InChI=1S/C18H21N5O3/c24-17(22-10-3-5-14(22)13-21-9-4-8-19-21)20-15-6-1-2-7-16(15)23-11-12-26-18(23)25/h1-2,4,6-9,14H,3,5,10-13H2,(H,20,24). The molecule has 8 heteroatoms. The van der Waals surface area contributed by atoms with Gasteiger partial charge in [-0.05, 0) is 31.0 Å². The number of urea groups is 1. The van der Waals surface area contributed by atoms with E-state index in [4.69, 9.17) is 4.74 Å². The summed E-state index contributed by atoms with van der Waals surface area (Å²) in [5.74, 6) is 0. The van der Waals surface area contributed by atoms with Gasteiger partial charge in [0.25, 0.3) is 0 Å². The van der Waals surface area contributed by atoms with Crippen molar-refractivity contribution < 1.29 is 14.3 Å². The first-order valence-corrected chi connectivity index (χ1v) is 8.81. The molecular formula is C18H21N5O3. The molecule has 3 amide bonds. The van der Waals surface area contributed by atoms with Crippen LogP contribution in [0.1, 0.15) is 12.8 Å². The quantitative estimate of drug-likeness (QED) is 0.914. The van der Waals surface area contributed by atoms with Gasteiger partial charge < -0.3 is 15.0 Å². The van der Waals surface area contributed by atoms with E-state index >= 15 is 0 Å². The molecule has 0 spiro atoms. The molecule has 1 aromatic heterocycles. The van der Waals surface area contributed by atoms with Crippen molar-refractivity contribution >= 4 is 23.5 Å². The van der Waals surface area contributed by atoms with Crippen molar-refractivity contribution in [3.63, 3.8) is 0 Å². The zero-order valence-corrected chi connectivity index (χ0v) is 14.4. The van der Waals surface area contributed by atoms with E-state index in [9.17, 15) is 9.59 Å². The summed E-state index contributed by atoms with van der Waals surface area (Å²) in [6, 6.07) is 9.13. The van der Waals surface area contributed by atoms with Gasteiger partial charge in [0, 0.05) is 18.9 Å². The Hall–Kier alpha value is -3.03. The average Bonchev–Trinajstić information content (AvgIpc) is 3.38. The van der Waals surface area contributed by atoms with Crippen LogP contribution in [0.2, 0.25) is 0 Å². The van der Waals surface area contributed by atoms with Gasteiger partial charge in [-0.25, -0.2) is 9.59 Å². The third-order valence-corrected chi connectivity index (χ3v) is 4.79. The first-order chi connectivity index (χ1) is 12.7. The molecule has 0 saturated carbocycles. The van der Waals surface area contributed by atoms with E-state index in [0.29, 0.717) is 37.6 Å². The number of aromatic nitrogens is 2. The van der Waals surface area contributed by atoms with Gasteiger partial charge in [0.05, 0.1) is 30.5 Å². The predicted octanol–water partition coefficient (Wildman–Crippen LogP) is 2.54. The van der Waals surface area contributed by atoms with Crippen LogP contribution in [0, 0.1) is 0 Å². The zero-order valence-electron chi connectivity index (χ0n) is 14.4. The third kappa shape index (κ3) is 3.22. The van der Waals surface area contributed by atoms with Crippen molar-refractivity contribution in [2.45, 2.75) is 25.4 Å². The number of amides is 3. The number of anilines is 2. The van der Waals surface area contributed by atoms with Crippen LogP contribution in [0.3, 0.4) is 0 Å². The Bertz CT molecular complexity index is 792. The minimum absolute atomic E-state index is 0.110. The SMILES string of the molecule is O=C1OCCN1c1ccccc1NC(=O)N1CCCC1Cn1cccn1. The van der Waals surface area contributed by atoms with Crippen LogP contribution in [0.4, 0.5) is 21.0 Å². The molecule has 2 aromatic rings. The number of para-hydroxylation sites is 2. The fourth-order valence-electron chi connectivity index (χ4n) is 3.53. The Morgan fingerprint density at radius 2 is 2.15 bits per heavy atom. The molecule has 4 rings (SSSR count). The summed E-state index contributed by atoms with van der Waals surface area (Å²) in [7, 11) is 0. The Morgan fingerprint density at radius 3 is 2.92 bits per heavy atom. The van der Waals surface area contributed by atoms with Gasteiger partial charge in [0.1, 0.15) is 6.61 Å². The Morgan fingerprint density at radius 1 is 1.27 bits per heavy atom. The molecule has 2 aliphatic heterocycles. The Kier molecular flexibility index (Phi) is 4.47. The van der Waals surface area contributed by atoms with Crippen LogP contribution in [-0.4, -0.2) is 52.5 Å². The van der Waals surface area contributed by atoms with E-state index < -0.39 is 0 Å². The first-order valence-electron chi connectivity index (χ1n) is 8.81. The van der Waals surface area contributed by atoms with Crippen LogP contribution < -0.4 is 10.2 Å². The van der Waals surface area contributed by atoms with Gasteiger partial charge in [-0.3, -0.25) is 9.58 Å². The molecule has 26 heavy (non-hydrogen) atoms. The maximum Gasteiger partial charge on any atom is 0.414 e. The lowest BCUT2D eigenvalue weighted by Crippen LogP contribution is -2.41. The number of hydrogen-bond acceptors (Lipinski definition) is 4.